The number of rotatable bonds is 5. The Hall–Kier alpha value is -1.84. The van der Waals surface area contributed by atoms with Gasteiger partial charge in [-0.15, -0.1) is 0 Å². The Bertz CT molecular complexity index is 518. The van der Waals surface area contributed by atoms with Crippen molar-refractivity contribution in [1.82, 2.24) is 5.32 Å². The van der Waals surface area contributed by atoms with Crippen LogP contribution in [-0.4, -0.2) is 23.5 Å². The fourth-order valence-electron chi connectivity index (χ4n) is 2.21. The maximum Gasteiger partial charge on any atom is 0.319 e. The number of amides is 1. The molecule has 1 aliphatic rings. The Labute approximate surface area is 112 Å². The van der Waals surface area contributed by atoms with Gasteiger partial charge in [-0.25, -0.2) is 0 Å². The van der Waals surface area contributed by atoms with Gasteiger partial charge in [-0.2, -0.15) is 0 Å². The molecule has 0 unspecified atom stereocenters. The van der Waals surface area contributed by atoms with Gasteiger partial charge in [-0.05, 0) is 44.2 Å². The van der Waals surface area contributed by atoms with Crippen molar-refractivity contribution >= 4 is 11.9 Å². The summed E-state index contributed by atoms with van der Waals surface area (Å²) in [5.74, 6) is -1.35. The summed E-state index contributed by atoms with van der Waals surface area (Å²) in [6.07, 6.45) is 1.64. The molecule has 2 N–H and O–H groups in total. The Kier molecular flexibility index (Phi) is 3.60. The molecule has 0 radical (unpaired) electrons. The predicted molar refractivity (Wildman–Crippen MR) is 71.9 cm³/mol. The number of carboxylic acids is 1. The molecular formula is C15H19NO3. The molecule has 0 aliphatic heterocycles. The van der Waals surface area contributed by atoms with Gasteiger partial charge in [0, 0.05) is 6.54 Å². The van der Waals surface area contributed by atoms with E-state index in [1.54, 1.807) is 0 Å². The maximum absolute atomic E-state index is 11.8. The van der Waals surface area contributed by atoms with Crippen molar-refractivity contribution in [3.63, 3.8) is 0 Å². The monoisotopic (exact) mass is 261 g/mol. The molecular weight excluding hydrogens is 242 g/mol. The van der Waals surface area contributed by atoms with Gasteiger partial charge in [0.05, 0.1) is 0 Å². The molecule has 0 heterocycles. The zero-order valence-corrected chi connectivity index (χ0v) is 11.3. The molecule has 1 aliphatic carbocycles. The molecule has 4 heteroatoms. The third-order valence-corrected chi connectivity index (χ3v) is 3.78. The van der Waals surface area contributed by atoms with Gasteiger partial charge in [0.1, 0.15) is 5.41 Å². The number of hydrogen-bond donors (Lipinski definition) is 2. The Balaban J connectivity index is 1.89. The number of carbonyl (C=O) groups excluding carboxylic acids is 1. The Morgan fingerprint density at radius 2 is 2.00 bits per heavy atom. The lowest BCUT2D eigenvalue weighted by atomic mass is 10.0. The minimum atomic E-state index is -1.14. The molecule has 1 amide bonds. The van der Waals surface area contributed by atoms with Crippen LogP contribution in [0.2, 0.25) is 0 Å². The van der Waals surface area contributed by atoms with Crippen LogP contribution >= 0.6 is 0 Å². The number of hydrogen-bond acceptors (Lipinski definition) is 2. The van der Waals surface area contributed by atoms with E-state index in [4.69, 9.17) is 5.11 Å². The van der Waals surface area contributed by atoms with Gasteiger partial charge in [-0.1, -0.05) is 23.8 Å². The van der Waals surface area contributed by atoms with E-state index in [0.29, 0.717) is 19.4 Å². The predicted octanol–water partition coefficient (Wildman–Crippen LogP) is 1.83. The Morgan fingerprint density at radius 3 is 2.58 bits per heavy atom. The highest BCUT2D eigenvalue weighted by Gasteiger charge is 2.56. The highest BCUT2D eigenvalue weighted by Crippen LogP contribution is 2.46. The normalized spacial score (nSPS) is 15.9. The van der Waals surface area contributed by atoms with Crippen LogP contribution in [0.4, 0.5) is 0 Å². The quantitative estimate of drug-likeness (QED) is 0.795. The van der Waals surface area contributed by atoms with Crippen molar-refractivity contribution < 1.29 is 14.7 Å². The largest absolute Gasteiger partial charge is 0.480 e. The topological polar surface area (TPSA) is 66.4 Å². The fourth-order valence-corrected chi connectivity index (χ4v) is 2.21. The summed E-state index contributed by atoms with van der Waals surface area (Å²) >= 11 is 0. The van der Waals surface area contributed by atoms with Crippen LogP contribution in [0.25, 0.3) is 0 Å². The van der Waals surface area contributed by atoms with Crippen molar-refractivity contribution in [2.45, 2.75) is 33.1 Å². The van der Waals surface area contributed by atoms with Crippen LogP contribution in [0.3, 0.4) is 0 Å². The summed E-state index contributed by atoms with van der Waals surface area (Å²) in [7, 11) is 0. The van der Waals surface area contributed by atoms with Crippen LogP contribution in [0.1, 0.15) is 29.5 Å². The summed E-state index contributed by atoms with van der Waals surface area (Å²) in [6, 6.07) is 6.22. The summed E-state index contributed by atoms with van der Waals surface area (Å²) in [6.45, 7) is 4.56. The molecule has 0 bridgehead atoms. The van der Waals surface area contributed by atoms with Crippen LogP contribution in [0.5, 0.6) is 0 Å². The maximum atomic E-state index is 11.8. The molecule has 1 fully saturated rings. The SMILES string of the molecule is Cc1ccc(C)c(CCNC(=O)C2(C(=O)O)CC2)c1. The molecule has 0 aromatic heterocycles. The zero-order valence-electron chi connectivity index (χ0n) is 11.3. The number of carbonyl (C=O) groups is 2. The average Bonchev–Trinajstić information content (AvgIpc) is 3.14. The molecule has 102 valence electrons. The molecule has 1 aromatic rings. The van der Waals surface area contributed by atoms with E-state index in [1.165, 1.54) is 16.7 Å². The number of aliphatic carboxylic acids is 1. The second kappa shape index (κ2) is 5.03. The summed E-state index contributed by atoms with van der Waals surface area (Å²) in [5.41, 5.74) is 2.44. The van der Waals surface area contributed by atoms with Gasteiger partial charge < -0.3 is 10.4 Å². The van der Waals surface area contributed by atoms with E-state index in [1.807, 2.05) is 13.8 Å². The van der Waals surface area contributed by atoms with E-state index in [9.17, 15) is 9.59 Å². The average molecular weight is 261 g/mol. The first-order valence-electron chi connectivity index (χ1n) is 6.53. The summed E-state index contributed by atoms with van der Waals surface area (Å²) in [4.78, 5) is 22.8. The molecule has 1 saturated carbocycles. The van der Waals surface area contributed by atoms with Gasteiger partial charge in [0.25, 0.3) is 0 Å². The second-order valence-electron chi connectivity index (χ2n) is 5.32. The molecule has 0 spiro atoms. The third kappa shape index (κ3) is 2.78. The van der Waals surface area contributed by atoms with E-state index in [0.717, 1.165) is 6.42 Å². The highest BCUT2D eigenvalue weighted by atomic mass is 16.4. The summed E-state index contributed by atoms with van der Waals surface area (Å²) in [5, 5.41) is 11.8. The number of nitrogens with one attached hydrogen (secondary N) is 1. The van der Waals surface area contributed by atoms with Crippen LogP contribution < -0.4 is 5.32 Å². The van der Waals surface area contributed by atoms with Crippen molar-refractivity contribution in [2.24, 2.45) is 5.41 Å². The first-order valence-corrected chi connectivity index (χ1v) is 6.53. The molecule has 0 saturated heterocycles. The molecule has 0 atom stereocenters. The minimum absolute atomic E-state index is 0.342. The lowest BCUT2D eigenvalue weighted by Crippen LogP contribution is -2.38. The van der Waals surface area contributed by atoms with Gasteiger partial charge in [0.15, 0.2) is 0 Å². The van der Waals surface area contributed by atoms with Crippen LogP contribution in [-0.2, 0) is 16.0 Å². The first-order chi connectivity index (χ1) is 8.95. The van der Waals surface area contributed by atoms with Crippen LogP contribution in [0.15, 0.2) is 18.2 Å². The van der Waals surface area contributed by atoms with Crippen molar-refractivity contribution in [3.8, 4) is 0 Å². The van der Waals surface area contributed by atoms with E-state index >= 15 is 0 Å². The molecule has 2 rings (SSSR count). The van der Waals surface area contributed by atoms with Crippen LogP contribution in [0, 0.1) is 19.3 Å². The van der Waals surface area contributed by atoms with Gasteiger partial charge in [0.2, 0.25) is 5.91 Å². The van der Waals surface area contributed by atoms with Crippen molar-refractivity contribution in [1.29, 1.82) is 0 Å². The molecule has 19 heavy (non-hydrogen) atoms. The minimum Gasteiger partial charge on any atom is -0.480 e. The third-order valence-electron chi connectivity index (χ3n) is 3.78. The van der Waals surface area contributed by atoms with Gasteiger partial charge in [-0.3, -0.25) is 9.59 Å². The second-order valence-corrected chi connectivity index (χ2v) is 5.32. The first kappa shape index (κ1) is 13.6. The fraction of sp³-hybridized carbons (Fsp3) is 0.467. The lowest BCUT2D eigenvalue weighted by Gasteiger charge is -2.12. The number of benzene rings is 1. The molecule has 4 nitrogen and oxygen atoms in total. The number of aryl methyl sites for hydroxylation is 2. The smallest absolute Gasteiger partial charge is 0.319 e. The molecule has 1 aromatic carbocycles. The standard InChI is InChI=1S/C15H19NO3/c1-10-3-4-11(2)12(9-10)5-8-16-13(17)15(6-7-15)14(18)19/h3-4,9H,5-8H2,1-2H3,(H,16,17)(H,18,19). The lowest BCUT2D eigenvalue weighted by molar-refractivity contribution is -0.149. The highest BCUT2D eigenvalue weighted by molar-refractivity contribution is 6.04. The van der Waals surface area contributed by atoms with Gasteiger partial charge >= 0.3 is 5.97 Å². The van der Waals surface area contributed by atoms with E-state index in [2.05, 4.69) is 23.5 Å². The van der Waals surface area contributed by atoms with E-state index < -0.39 is 11.4 Å². The zero-order chi connectivity index (χ0) is 14.0. The summed E-state index contributed by atoms with van der Waals surface area (Å²) < 4.78 is 0. The van der Waals surface area contributed by atoms with Crippen molar-refractivity contribution in [3.05, 3.63) is 34.9 Å². The van der Waals surface area contributed by atoms with Crippen molar-refractivity contribution in [2.75, 3.05) is 6.54 Å². The Morgan fingerprint density at radius 1 is 1.32 bits per heavy atom. The number of carboxylic acid groups (broad SMARTS) is 1. The van der Waals surface area contributed by atoms with E-state index in [-0.39, 0.29) is 5.91 Å².